The molecule has 2 rings (SSSR count). The zero-order valence-corrected chi connectivity index (χ0v) is 7.16. The molecule has 2 aliphatic carbocycles. The number of hydrogen-bond donors (Lipinski definition) is 0. The number of unbranched alkanes of at least 4 members (excludes halogenated alkanes) is 1. The van der Waals surface area contributed by atoms with Crippen molar-refractivity contribution >= 4 is 0 Å². The highest BCUT2D eigenvalue weighted by Gasteiger charge is 2.31. The van der Waals surface area contributed by atoms with E-state index >= 15 is 0 Å². The minimum absolute atomic E-state index is 0.798. The second-order valence-corrected chi connectivity index (χ2v) is 3.73. The Bertz CT molecular complexity index is 158. The minimum atomic E-state index is 0.798. The van der Waals surface area contributed by atoms with Crippen molar-refractivity contribution < 1.29 is 0 Å². The molecule has 2 bridgehead atoms. The van der Waals surface area contributed by atoms with Crippen LogP contribution in [0.1, 0.15) is 26.2 Å². The summed E-state index contributed by atoms with van der Waals surface area (Å²) in [5, 5.41) is 0. The second kappa shape index (κ2) is 2.84. The van der Waals surface area contributed by atoms with Gasteiger partial charge in [0.05, 0.1) is 0 Å². The number of fused-ring (bicyclic) bond motifs is 2. The van der Waals surface area contributed by atoms with E-state index in [2.05, 4.69) is 31.2 Å². The van der Waals surface area contributed by atoms with Gasteiger partial charge in [0.15, 0.2) is 0 Å². The maximum absolute atomic E-state index is 2.38. The first-order valence-corrected chi connectivity index (χ1v) is 4.78. The lowest BCUT2D eigenvalue weighted by atomic mass is 9.90. The summed E-state index contributed by atoms with van der Waals surface area (Å²) in [5.41, 5.74) is 0. The Morgan fingerprint density at radius 2 is 1.55 bits per heavy atom. The summed E-state index contributed by atoms with van der Waals surface area (Å²) in [4.78, 5) is 0. The molecule has 60 valence electrons. The van der Waals surface area contributed by atoms with Crippen molar-refractivity contribution in [3.05, 3.63) is 24.3 Å². The Kier molecular flexibility index (Phi) is 1.85. The van der Waals surface area contributed by atoms with Crippen LogP contribution in [0.25, 0.3) is 0 Å². The monoisotopic (exact) mass is 148 g/mol. The smallest absolute Gasteiger partial charge is 0.00162 e. The summed E-state index contributed by atoms with van der Waals surface area (Å²) in [7, 11) is 0. The molecule has 0 nitrogen and oxygen atoms in total. The first-order chi connectivity index (χ1) is 5.42. The Labute approximate surface area is 69.0 Å². The van der Waals surface area contributed by atoms with E-state index < -0.39 is 0 Å². The zero-order valence-electron chi connectivity index (χ0n) is 7.16. The molecular weight excluding hydrogens is 132 g/mol. The van der Waals surface area contributed by atoms with Crippen LogP contribution in [0.3, 0.4) is 0 Å². The molecule has 0 unspecified atom stereocenters. The molecule has 0 spiro atoms. The summed E-state index contributed by atoms with van der Waals surface area (Å²) >= 11 is 0. The molecule has 2 aliphatic rings. The largest absolute Gasteiger partial charge is 0.0807 e. The van der Waals surface area contributed by atoms with E-state index in [1.165, 1.54) is 19.3 Å². The fraction of sp³-hybridized carbons (Fsp3) is 0.636. The molecular formula is C11H16. The minimum Gasteiger partial charge on any atom is -0.0807 e. The molecule has 0 aromatic rings. The van der Waals surface area contributed by atoms with Crippen molar-refractivity contribution in [2.24, 2.45) is 17.8 Å². The maximum Gasteiger partial charge on any atom is -0.00162 e. The van der Waals surface area contributed by atoms with Crippen LogP contribution in [-0.2, 0) is 0 Å². The van der Waals surface area contributed by atoms with Crippen molar-refractivity contribution in [2.75, 3.05) is 0 Å². The van der Waals surface area contributed by atoms with Gasteiger partial charge in [-0.2, -0.15) is 0 Å². The van der Waals surface area contributed by atoms with Crippen molar-refractivity contribution in [3.63, 3.8) is 0 Å². The summed E-state index contributed by atoms with van der Waals surface area (Å²) in [6.07, 6.45) is 13.7. The molecule has 0 saturated carbocycles. The van der Waals surface area contributed by atoms with Gasteiger partial charge >= 0.3 is 0 Å². The predicted molar refractivity (Wildman–Crippen MR) is 48.3 cm³/mol. The average Bonchev–Trinajstić information content (AvgIpc) is 2.59. The maximum atomic E-state index is 2.38. The van der Waals surface area contributed by atoms with E-state index in [0.717, 1.165) is 17.8 Å². The lowest BCUT2D eigenvalue weighted by Crippen LogP contribution is -2.07. The standard InChI is InChI=1S/C11H16/c1-2-3-4-11-9-5-6-10(11)8-7-9/h5-11H,2-4H2,1H3. The van der Waals surface area contributed by atoms with E-state index in [1.807, 2.05) is 0 Å². The molecule has 11 heavy (non-hydrogen) atoms. The SMILES string of the molecule is CCCCC1C2C=CC1C=C2. The molecule has 0 atom stereocenters. The number of rotatable bonds is 3. The van der Waals surface area contributed by atoms with Crippen LogP contribution in [0.15, 0.2) is 24.3 Å². The van der Waals surface area contributed by atoms with Gasteiger partial charge in [0.25, 0.3) is 0 Å². The molecule has 0 amide bonds. The van der Waals surface area contributed by atoms with Gasteiger partial charge < -0.3 is 0 Å². The molecule has 0 fully saturated rings. The van der Waals surface area contributed by atoms with Crippen LogP contribution >= 0.6 is 0 Å². The van der Waals surface area contributed by atoms with E-state index in [1.54, 1.807) is 0 Å². The Morgan fingerprint density at radius 3 is 2.00 bits per heavy atom. The number of allylic oxidation sites excluding steroid dienone is 4. The van der Waals surface area contributed by atoms with Crippen LogP contribution in [0.4, 0.5) is 0 Å². The van der Waals surface area contributed by atoms with E-state index in [9.17, 15) is 0 Å². The highest BCUT2D eigenvalue weighted by Crippen LogP contribution is 2.41. The summed E-state index contributed by atoms with van der Waals surface area (Å²) in [6, 6.07) is 0. The van der Waals surface area contributed by atoms with Crippen LogP contribution in [0, 0.1) is 17.8 Å². The van der Waals surface area contributed by atoms with Crippen LogP contribution in [0.2, 0.25) is 0 Å². The Morgan fingerprint density at radius 1 is 1.00 bits per heavy atom. The van der Waals surface area contributed by atoms with Gasteiger partial charge in [0, 0.05) is 0 Å². The highest BCUT2D eigenvalue weighted by atomic mass is 14.4. The van der Waals surface area contributed by atoms with Crippen LogP contribution in [0.5, 0.6) is 0 Å². The normalized spacial score (nSPS) is 38.8. The third-order valence-electron chi connectivity index (χ3n) is 2.99. The Balaban J connectivity index is 1.90. The Hall–Kier alpha value is -0.520. The van der Waals surface area contributed by atoms with Gasteiger partial charge in [-0.05, 0) is 24.2 Å². The van der Waals surface area contributed by atoms with Crippen LogP contribution < -0.4 is 0 Å². The molecule has 0 heterocycles. The average molecular weight is 148 g/mol. The van der Waals surface area contributed by atoms with Gasteiger partial charge in [0.2, 0.25) is 0 Å². The first-order valence-electron chi connectivity index (χ1n) is 4.78. The molecule has 0 saturated heterocycles. The topological polar surface area (TPSA) is 0 Å². The van der Waals surface area contributed by atoms with Crippen molar-refractivity contribution in [3.8, 4) is 0 Å². The van der Waals surface area contributed by atoms with Gasteiger partial charge in [0.1, 0.15) is 0 Å². The first kappa shape index (κ1) is 7.15. The zero-order chi connectivity index (χ0) is 7.68. The van der Waals surface area contributed by atoms with E-state index in [4.69, 9.17) is 0 Å². The second-order valence-electron chi connectivity index (χ2n) is 3.73. The molecule has 0 aromatic heterocycles. The summed E-state index contributed by atoms with van der Waals surface area (Å²) in [5.74, 6) is 2.54. The van der Waals surface area contributed by atoms with Crippen LogP contribution in [-0.4, -0.2) is 0 Å². The van der Waals surface area contributed by atoms with Crippen molar-refractivity contribution in [1.29, 1.82) is 0 Å². The molecule has 0 aromatic carbocycles. The highest BCUT2D eigenvalue weighted by molar-refractivity contribution is 5.24. The van der Waals surface area contributed by atoms with Gasteiger partial charge in [-0.3, -0.25) is 0 Å². The lowest BCUT2D eigenvalue weighted by molar-refractivity contribution is 0.404. The predicted octanol–water partition coefficient (Wildman–Crippen LogP) is 3.16. The molecule has 0 N–H and O–H groups in total. The van der Waals surface area contributed by atoms with Gasteiger partial charge in [-0.15, -0.1) is 0 Å². The van der Waals surface area contributed by atoms with Gasteiger partial charge in [-0.1, -0.05) is 44.1 Å². The van der Waals surface area contributed by atoms with Crippen molar-refractivity contribution in [1.82, 2.24) is 0 Å². The lowest BCUT2D eigenvalue weighted by Gasteiger charge is -2.14. The van der Waals surface area contributed by atoms with Crippen molar-refractivity contribution in [2.45, 2.75) is 26.2 Å². The molecule has 0 heteroatoms. The number of hydrogen-bond acceptors (Lipinski definition) is 0. The van der Waals surface area contributed by atoms with Gasteiger partial charge in [-0.25, -0.2) is 0 Å². The van der Waals surface area contributed by atoms with E-state index in [-0.39, 0.29) is 0 Å². The third kappa shape index (κ3) is 1.15. The fourth-order valence-corrected chi connectivity index (χ4v) is 2.29. The summed E-state index contributed by atoms with van der Waals surface area (Å²) in [6.45, 7) is 2.28. The fourth-order valence-electron chi connectivity index (χ4n) is 2.29. The van der Waals surface area contributed by atoms with E-state index in [0.29, 0.717) is 0 Å². The molecule has 0 aliphatic heterocycles. The third-order valence-corrected chi connectivity index (χ3v) is 2.99. The quantitative estimate of drug-likeness (QED) is 0.539. The molecule has 0 radical (unpaired) electrons. The summed E-state index contributed by atoms with van der Waals surface area (Å²) < 4.78 is 0.